The van der Waals surface area contributed by atoms with Crippen molar-refractivity contribution in [1.82, 2.24) is 4.57 Å². The van der Waals surface area contributed by atoms with Crippen LogP contribution in [0.4, 0.5) is 5.69 Å². The minimum atomic E-state index is -1.09. The van der Waals surface area contributed by atoms with Crippen LogP contribution in [0.1, 0.15) is 10.5 Å². The lowest BCUT2D eigenvalue weighted by atomic mass is 10.3. The van der Waals surface area contributed by atoms with Gasteiger partial charge in [-0.05, 0) is 30.3 Å². The van der Waals surface area contributed by atoms with Gasteiger partial charge < -0.3 is 15.0 Å². The Balaban J connectivity index is 2.11. The number of nitrogens with one attached hydrogen (secondary N) is 1. The van der Waals surface area contributed by atoms with E-state index in [-0.39, 0.29) is 12.2 Å². The number of aromatic nitrogens is 1. The fraction of sp³-hybridized carbons (Fsp3) is 0.0769. The molecule has 0 saturated heterocycles. The molecule has 2 N–H and O–H groups in total. The Hall–Kier alpha value is -1.98. The molecule has 0 fully saturated rings. The van der Waals surface area contributed by atoms with Gasteiger partial charge in [-0.25, -0.2) is 4.79 Å². The number of carboxylic acids is 1. The molecule has 0 bridgehead atoms. The topological polar surface area (TPSA) is 71.3 Å². The van der Waals surface area contributed by atoms with E-state index in [0.29, 0.717) is 15.7 Å². The van der Waals surface area contributed by atoms with Gasteiger partial charge in [-0.1, -0.05) is 23.2 Å². The van der Waals surface area contributed by atoms with Crippen molar-refractivity contribution in [3.63, 3.8) is 0 Å². The summed E-state index contributed by atoms with van der Waals surface area (Å²) in [6.45, 7) is -0.128. The number of carboxylic acid groups (broad SMARTS) is 1. The van der Waals surface area contributed by atoms with E-state index in [4.69, 9.17) is 28.3 Å². The number of carbonyl (C=O) groups excluding carboxylic acids is 1. The maximum absolute atomic E-state index is 11.9. The minimum absolute atomic E-state index is 0.0392. The summed E-state index contributed by atoms with van der Waals surface area (Å²) in [6, 6.07) is 7.67. The van der Waals surface area contributed by atoms with Crippen LogP contribution < -0.4 is 5.32 Å². The van der Waals surface area contributed by atoms with E-state index in [2.05, 4.69) is 5.32 Å². The van der Waals surface area contributed by atoms with Crippen molar-refractivity contribution in [2.24, 2.45) is 0 Å². The fourth-order valence-electron chi connectivity index (χ4n) is 1.68. The Kier molecular flexibility index (Phi) is 4.32. The number of aromatic carboxylic acids is 1. The molecule has 1 amide bonds. The Bertz CT molecular complexity index is 667. The molecule has 0 radical (unpaired) electrons. The molecule has 5 nitrogen and oxygen atoms in total. The minimum Gasteiger partial charge on any atom is -0.477 e. The monoisotopic (exact) mass is 312 g/mol. The average molecular weight is 313 g/mol. The Morgan fingerprint density at radius 2 is 2.00 bits per heavy atom. The molecule has 0 spiro atoms. The number of nitrogens with zero attached hydrogens (tertiary/aromatic N) is 1. The summed E-state index contributed by atoms with van der Waals surface area (Å²) in [7, 11) is 0. The van der Waals surface area contributed by atoms with Crippen molar-refractivity contribution in [1.29, 1.82) is 0 Å². The van der Waals surface area contributed by atoms with Gasteiger partial charge in [0.25, 0.3) is 0 Å². The molecule has 20 heavy (non-hydrogen) atoms. The second-order valence-electron chi connectivity index (χ2n) is 4.00. The number of hydrogen-bond acceptors (Lipinski definition) is 2. The number of carbonyl (C=O) groups is 2. The van der Waals surface area contributed by atoms with Gasteiger partial charge in [0.15, 0.2) is 0 Å². The van der Waals surface area contributed by atoms with Gasteiger partial charge in [0.05, 0.1) is 10.7 Å². The van der Waals surface area contributed by atoms with Crippen molar-refractivity contribution < 1.29 is 14.7 Å². The highest BCUT2D eigenvalue weighted by atomic mass is 35.5. The van der Waals surface area contributed by atoms with Crippen LogP contribution in [-0.4, -0.2) is 21.6 Å². The van der Waals surface area contributed by atoms with Gasteiger partial charge in [0, 0.05) is 11.2 Å². The van der Waals surface area contributed by atoms with E-state index in [1.54, 1.807) is 18.2 Å². The molecule has 0 aliphatic rings. The fourth-order valence-corrected chi connectivity index (χ4v) is 2.02. The third kappa shape index (κ3) is 3.31. The van der Waals surface area contributed by atoms with Crippen molar-refractivity contribution in [3.05, 3.63) is 52.3 Å². The van der Waals surface area contributed by atoms with Crippen LogP contribution in [0.3, 0.4) is 0 Å². The number of benzene rings is 1. The van der Waals surface area contributed by atoms with Crippen LogP contribution in [0.15, 0.2) is 36.5 Å². The summed E-state index contributed by atoms with van der Waals surface area (Å²) < 4.78 is 1.33. The number of halogens is 2. The Labute approximate surface area is 124 Å². The largest absolute Gasteiger partial charge is 0.477 e. The summed E-state index contributed by atoms with van der Waals surface area (Å²) in [5, 5.41) is 12.3. The molecular weight excluding hydrogens is 303 g/mol. The van der Waals surface area contributed by atoms with Crippen LogP contribution in [0.2, 0.25) is 10.0 Å². The lowest BCUT2D eigenvalue weighted by molar-refractivity contribution is -0.116. The Morgan fingerprint density at radius 3 is 2.70 bits per heavy atom. The third-order valence-electron chi connectivity index (χ3n) is 2.57. The first-order valence-electron chi connectivity index (χ1n) is 5.60. The van der Waals surface area contributed by atoms with Crippen LogP contribution in [-0.2, 0) is 11.3 Å². The van der Waals surface area contributed by atoms with Crippen molar-refractivity contribution in [3.8, 4) is 0 Å². The van der Waals surface area contributed by atoms with Gasteiger partial charge in [-0.3, -0.25) is 4.79 Å². The second-order valence-corrected chi connectivity index (χ2v) is 4.84. The molecule has 104 valence electrons. The summed E-state index contributed by atoms with van der Waals surface area (Å²) in [6.07, 6.45) is 1.52. The number of hydrogen-bond donors (Lipinski definition) is 2. The van der Waals surface area contributed by atoms with E-state index >= 15 is 0 Å². The molecule has 1 aromatic heterocycles. The zero-order valence-corrected chi connectivity index (χ0v) is 11.6. The predicted molar refractivity (Wildman–Crippen MR) is 76.5 cm³/mol. The van der Waals surface area contributed by atoms with E-state index in [1.165, 1.54) is 22.9 Å². The lowest BCUT2D eigenvalue weighted by Crippen LogP contribution is -2.21. The van der Waals surface area contributed by atoms with Crippen LogP contribution >= 0.6 is 23.2 Å². The van der Waals surface area contributed by atoms with Gasteiger partial charge in [0.2, 0.25) is 5.91 Å². The maximum Gasteiger partial charge on any atom is 0.352 e. The molecule has 0 unspecified atom stereocenters. The molecule has 2 rings (SSSR count). The quantitative estimate of drug-likeness (QED) is 0.911. The maximum atomic E-state index is 11.9. The number of rotatable bonds is 4. The van der Waals surface area contributed by atoms with Crippen LogP contribution in [0.25, 0.3) is 0 Å². The van der Waals surface area contributed by atoms with Gasteiger partial charge in [0.1, 0.15) is 12.2 Å². The summed E-state index contributed by atoms with van der Waals surface area (Å²) in [5.74, 6) is -1.49. The molecule has 1 heterocycles. The predicted octanol–water partition coefficient (Wildman–Crippen LogP) is 3.13. The molecular formula is C13H10Cl2N2O3. The second kappa shape index (κ2) is 5.98. The highest BCUT2D eigenvalue weighted by Gasteiger charge is 2.12. The lowest BCUT2D eigenvalue weighted by Gasteiger charge is -2.09. The smallest absolute Gasteiger partial charge is 0.352 e. The van der Waals surface area contributed by atoms with Crippen molar-refractivity contribution in [2.75, 3.05) is 5.32 Å². The van der Waals surface area contributed by atoms with E-state index in [9.17, 15) is 9.59 Å². The molecule has 1 aromatic carbocycles. The Morgan fingerprint density at radius 1 is 1.25 bits per heavy atom. The van der Waals surface area contributed by atoms with Crippen molar-refractivity contribution >= 4 is 40.8 Å². The number of amides is 1. The zero-order valence-electron chi connectivity index (χ0n) is 10.1. The van der Waals surface area contributed by atoms with E-state index < -0.39 is 11.9 Å². The molecule has 2 aromatic rings. The third-order valence-corrected chi connectivity index (χ3v) is 3.13. The highest BCUT2D eigenvalue weighted by molar-refractivity contribution is 6.35. The first kappa shape index (κ1) is 14.4. The molecule has 0 aliphatic carbocycles. The van der Waals surface area contributed by atoms with Crippen LogP contribution in [0.5, 0.6) is 0 Å². The average Bonchev–Trinajstić information content (AvgIpc) is 2.82. The molecule has 0 atom stereocenters. The van der Waals surface area contributed by atoms with Gasteiger partial charge in [-0.15, -0.1) is 0 Å². The van der Waals surface area contributed by atoms with Gasteiger partial charge in [-0.2, -0.15) is 0 Å². The highest BCUT2D eigenvalue weighted by Crippen LogP contribution is 2.25. The summed E-state index contributed by atoms with van der Waals surface area (Å²) in [4.78, 5) is 22.8. The number of anilines is 1. The van der Waals surface area contributed by atoms with Crippen LogP contribution in [0, 0.1) is 0 Å². The summed E-state index contributed by atoms with van der Waals surface area (Å²) >= 11 is 11.7. The van der Waals surface area contributed by atoms with E-state index in [1.807, 2.05) is 0 Å². The van der Waals surface area contributed by atoms with E-state index in [0.717, 1.165) is 0 Å². The summed E-state index contributed by atoms with van der Waals surface area (Å²) in [5.41, 5.74) is 0.422. The molecule has 0 aliphatic heterocycles. The first-order chi connectivity index (χ1) is 9.47. The SMILES string of the molecule is O=C(Cn1cccc1C(=O)O)Nc1cc(Cl)ccc1Cl. The first-order valence-corrected chi connectivity index (χ1v) is 6.36. The van der Waals surface area contributed by atoms with Crippen molar-refractivity contribution in [2.45, 2.75) is 6.54 Å². The zero-order chi connectivity index (χ0) is 14.7. The molecule has 0 saturated carbocycles. The molecule has 7 heteroatoms. The van der Waals surface area contributed by atoms with Gasteiger partial charge >= 0.3 is 5.97 Å². The standard InChI is InChI=1S/C13H10Cl2N2O3/c14-8-3-4-9(15)10(6-8)16-12(18)7-17-5-1-2-11(17)13(19)20/h1-6H,7H2,(H,16,18)(H,19,20). The normalized spacial score (nSPS) is 10.3.